The number of nitrogens with one attached hydrogen (secondary N) is 1. The third kappa shape index (κ3) is 3.04. The van der Waals surface area contributed by atoms with E-state index < -0.39 is 0 Å². The van der Waals surface area contributed by atoms with Crippen molar-refractivity contribution in [1.82, 2.24) is 15.2 Å². The second-order valence-corrected chi connectivity index (χ2v) is 6.66. The number of rotatable bonds is 2. The van der Waals surface area contributed by atoms with Gasteiger partial charge in [-0.3, -0.25) is 9.78 Å². The summed E-state index contributed by atoms with van der Waals surface area (Å²) >= 11 is 3.38. The van der Waals surface area contributed by atoms with E-state index in [4.69, 9.17) is 0 Å². The quantitative estimate of drug-likeness (QED) is 0.901. The number of likely N-dealkylation sites (tertiary alicyclic amines) is 1. The van der Waals surface area contributed by atoms with Crippen LogP contribution in [-0.4, -0.2) is 41.5 Å². The van der Waals surface area contributed by atoms with Crippen molar-refractivity contribution in [3.63, 3.8) is 0 Å². The van der Waals surface area contributed by atoms with E-state index in [2.05, 4.69) is 26.2 Å². The Bertz CT molecular complexity index is 488. The maximum atomic E-state index is 12.6. The maximum Gasteiger partial charge on any atom is 0.255 e. The Morgan fingerprint density at radius 1 is 1.35 bits per heavy atom. The third-order valence-corrected chi connectivity index (χ3v) is 4.80. The van der Waals surface area contributed by atoms with Gasteiger partial charge in [-0.1, -0.05) is 0 Å². The highest BCUT2D eigenvalue weighted by Gasteiger charge is 2.31. The molecule has 20 heavy (non-hydrogen) atoms. The molecule has 1 amide bonds. The van der Waals surface area contributed by atoms with Crippen LogP contribution in [0.4, 0.5) is 0 Å². The molecule has 3 heterocycles. The molecule has 2 atom stereocenters. The van der Waals surface area contributed by atoms with Crippen molar-refractivity contribution in [2.24, 2.45) is 5.92 Å². The molecule has 0 radical (unpaired) electrons. The number of piperidine rings is 1. The fourth-order valence-electron chi connectivity index (χ4n) is 3.35. The van der Waals surface area contributed by atoms with E-state index in [0.717, 1.165) is 30.5 Å². The minimum atomic E-state index is 0.112. The zero-order valence-electron chi connectivity index (χ0n) is 11.5. The van der Waals surface area contributed by atoms with Gasteiger partial charge < -0.3 is 10.2 Å². The van der Waals surface area contributed by atoms with E-state index in [0.29, 0.717) is 17.5 Å². The van der Waals surface area contributed by atoms with E-state index in [9.17, 15) is 4.79 Å². The molecule has 1 aromatic heterocycles. The first-order chi connectivity index (χ1) is 9.74. The molecule has 4 nitrogen and oxygen atoms in total. The number of pyridine rings is 1. The summed E-state index contributed by atoms with van der Waals surface area (Å²) in [6.45, 7) is 2.88. The fourth-order valence-corrected chi connectivity index (χ4v) is 3.71. The van der Waals surface area contributed by atoms with Crippen molar-refractivity contribution in [1.29, 1.82) is 0 Å². The minimum absolute atomic E-state index is 0.112. The first-order valence-corrected chi connectivity index (χ1v) is 8.16. The summed E-state index contributed by atoms with van der Waals surface area (Å²) in [6.07, 6.45) is 8.23. The number of carbonyl (C=O) groups is 1. The van der Waals surface area contributed by atoms with Gasteiger partial charge in [0.15, 0.2) is 0 Å². The maximum absolute atomic E-state index is 12.6. The van der Waals surface area contributed by atoms with Crippen molar-refractivity contribution >= 4 is 21.8 Å². The Kier molecular flexibility index (Phi) is 4.36. The van der Waals surface area contributed by atoms with Gasteiger partial charge >= 0.3 is 0 Å². The average molecular weight is 338 g/mol. The summed E-state index contributed by atoms with van der Waals surface area (Å²) in [6, 6.07) is 2.46. The number of halogens is 1. The molecule has 0 spiro atoms. The van der Waals surface area contributed by atoms with Gasteiger partial charge in [0.05, 0.1) is 5.56 Å². The molecule has 3 rings (SSSR count). The number of amides is 1. The Balaban J connectivity index is 1.68. The van der Waals surface area contributed by atoms with Gasteiger partial charge in [-0.15, -0.1) is 0 Å². The lowest BCUT2D eigenvalue weighted by molar-refractivity contribution is 0.0650. The lowest BCUT2D eigenvalue weighted by Crippen LogP contribution is -2.45. The molecule has 2 aliphatic rings. The standard InChI is InChI=1S/C15H20BrN3O/c16-13-7-12(8-17-9-13)15(20)19-6-2-3-11(10-19)14-4-1-5-18-14/h7-9,11,14,18H,1-6,10H2. The molecule has 2 saturated heterocycles. The normalized spacial score (nSPS) is 26.8. The van der Waals surface area contributed by atoms with Crippen LogP contribution in [0.3, 0.4) is 0 Å². The molecule has 0 aliphatic carbocycles. The average Bonchev–Trinajstić information content (AvgIpc) is 3.01. The number of aromatic nitrogens is 1. The lowest BCUT2D eigenvalue weighted by Gasteiger charge is -2.35. The molecule has 0 saturated carbocycles. The van der Waals surface area contributed by atoms with Crippen LogP contribution in [0.15, 0.2) is 22.9 Å². The van der Waals surface area contributed by atoms with Crippen LogP contribution in [0.25, 0.3) is 0 Å². The van der Waals surface area contributed by atoms with E-state index in [1.807, 2.05) is 11.0 Å². The Hall–Kier alpha value is -0.940. The monoisotopic (exact) mass is 337 g/mol. The minimum Gasteiger partial charge on any atom is -0.338 e. The number of hydrogen-bond acceptors (Lipinski definition) is 3. The Morgan fingerprint density at radius 3 is 3.00 bits per heavy atom. The summed E-state index contributed by atoms with van der Waals surface area (Å²) in [5.74, 6) is 0.719. The summed E-state index contributed by atoms with van der Waals surface area (Å²) in [5.41, 5.74) is 0.680. The smallest absolute Gasteiger partial charge is 0.255 e. The van der Waals surface area contributed by atoms with Crippen LogP contribution in [0, 0.1) is 5.92 Å². The van der Waals surface area contributed by atoms with Crippen molar-refractivity contribution in [3.8, 4) is 0 Å². The number of carbonyl (C=O) groups excluding carboxylic acids is 1. The molecule has 0 aromatic carbocycles. The summed E-state index contributed by atoms with van der Waals surface area (Å²) in [4.78, 5) is 18.6. The summed E-state index contributed by atoms with van der Waals surface area (Å²) in [7, 11) is 0. The molecule has 108 valence electrons. The highest BCUT2D eigenvalue weighted by Crippen LogP contribution is 2.25. The van der Waals surface area contributed by atoms with E-state index >= 15 is 0 Å². The SMILES string of the molecule is O=C(c1cncc(Br)c1)N1CCCC(C2CCCN2)C1. The molecular weight excluding hydrogens is 318 g/mol. The predicted molar refractivity (Wildman–Crippen MR) is 81.6 cm³/mol. The molecule has 2 aliphatic heterocycles. The molecular formula is C15H20BrN3O. The molecule has 0 bridgehead atoms. The van der Waals surface area contributed by atoms with E-state index in [1.165, 1.54) is 19.3 Å². The van der Waals surface area contributed by atoms with Crippen molar-refractivity contribution < 1.29 is 4.79 Å². The summed E-state index contributed by atoms with van der Waals surface area (Å²) < 4.78 is 0.856. The van der Waals surface area contributed by atoms with E-state index in [-0.39, 0.29) is 5.91 Å². The number of nitrogens with zero attached hydrogens (tertiary/aromatic N) is 2. The largest absolute Gasteiger partial charge is 0.338 e. The van der Waals surface area contributed by atoms with Gasteiger partial charge in [-0.05, 0) is 60.1 Å². The van der Waals surface area contributed by atoms with Crippen molar-refractivity contribution in [3.05, 3.63) is 28.5 Å². The zero-order chi connectivity index (χ0) is 13.9. The lowest BCUT2D eigenvalue weighted by atomic mass is 9.89. The Morgan fingerprint density at radius 2 is 2.25 bits per heavy atom. The fraction of sp³-hybridized carbons (Fsp3) is 0.600. The van der Waals surface area contributed by atoms with Gasteiger partial charge in [0.2, 0.25) is 0 Å². The zero-order valence-corrected chi connectivity index (χ0v) is 13.1. The highest BCUT2D eigenvalue weighted by atomic mass is 79.9. The van der Waals surface area contributed by atoms with Crippen LogP contribution in [0.1, 0.15) is 36.0 Å². The first-order valence-electron chi connectivity index (χ1n) is 7.37. The second-order valence-electron chi connectivity index (χ2n) is 5.75. The van der Waals surface area contributed by atoms with Gasteiger partial charge in [0.25, 0.3) is 5.91 Å². The molecule has 2 unspecified atom stereocenters. The molecule has 1 N–H and O–H groups in total. The van der Waals surface area contributed by atoms with Crippen molar-refractivity contribution in [2.45, 2.75) is 31.7 Å². The Labute approximate surface area is 128 Å². The van der Waals surface area contributed by atoms with E-state index in [1.54, 1.807) is 12.4 Å². The molecule has 5 heteroatoms. The van der Waals surface area contributed by atoms with Crippen LogP contribution in [0.5, 0.6) is 0 Å². The topological polar surface area (TPSA) is 45.2 Å². The van der Waals surface area contributed by atoms with Gasteiger partial charge in [-0.25, -0.2) is 0 Å². The molecule has 2 fully saturated rings. The predicted octanol–water partition coefficient (Wildman–Crippen LogP) is 2.45. The van der Waals surface area contributed by atoms with Crippen molar-refractivity contribution in [2.75, 3.05) is 19.6 Å². The van der Waals surface area contributed by atoms with Crippen LogP contribution >= 0.6 is 15.9 Å². The van der Waals surface area contributed by atoms with Crippen LogP contribution < -0.4 is 5.32 Å². The first kappa shape index (κ1) is 14.0. The highest BCUT2D eigenvalue weighted by molar-refractivity contribution is 9.10. The number of hydrogen-bond donors (Lipinski definition) is 1. The van der Waals surface area contributed by atoms with Gasteiger partial charge in [0, 0.05) is 36.0 Å². The molecule has 1 aromatic rings. The van der Waals surface area contributed by atoms with Crippen LogP contribution in [0.2, 0.25) is 0 Å². The van der Waals surface area contributed by atoms with Gasteiger partial charge in [-0.2, -0.15) is 0 Å². The third-order valence-electron chi connectivity index (χ3n) is 4.36. The second kappa shape index (κ2) is 6.22. The summed E-state index contributed by atoms with van der Waals surface area (Å²) in [5, 5.41) is 3.58. The van der Waals surface area contributed by atoms with Crippen LogP contribution in [-0.2, 0) is 0 Å². The van der Waals surface area contributed by atoms with Gasteiger partial charge in [0.1, 0.15) is 0 Å².